The summed E-state index contributed by atoms with van der Waals surface area (Å²) in [5.74, 6) is -0.196. The van der Waals surface area contributed by atoms with Gasteiger partial charge in [0.25, 0.3) is 0 Å². The third-order valence-corrected chi connectivity index (χ3v) is 3.62. The number of thioether (sulfide) groups is 1. The molecule has 1 aromatic heterocycles. The number of carbonyl (C=O) groups excluding carboxylic acids is 1. The Morgan fingerprint density at radius 1 is 1.52 bits per heavy atom. The van der Waals surface area contributed by atoms with Gasteiger partial charge in [-0.1, -0.05) is 17.7 Å². The van der Waals surface area contributed by atoms with Crippen LogP contribution in [0.25, 0.3) is 6.08 Å². The average molecular weight is 325 g/mol. The summed E-state index contributed by atoms with van der Waals surface area (Å²) in [4.78, 5) is 15.2. The molecule has 2 rings (SSSR count). The fraction of sp³-hybridized carbons (Fsp3) is 0.154. The van der Waals surface area contributed by atoms with E-state index in [2.05, 4.69) is 15.2 Å². The summed E-state index contributed by atoms with van der Waals surface area (Å²) in [5, 5.41) is 18.4. The molecule has 0 saturated carbocycles. The van der Waals surface area contributed by atoms with Crippen LogP contribution in [0.1, 0.15) is 11.4 Å². The Balaban J connectivity index is 2.29. The number of H-pyrrole nitrogens is 1. The SMILES string of the molecule is COc1ccc(/C=C(/Sc2n[nH]c(C)n2)C(=O)[O-])cc1Cl. The van der Waals surface area contributed by atoms with E-state index in [1.807, 2.05) is 0 Å². The third-order valence-electron chi connectivity index (χ3n) is 2.45. The summed E-state index contributed by atoms with van der Waals surface area (Å²) in [6, 6.07) is 4.95. The number of benzene rings is 1. The standard InChI is InChI=1S/C13H12ClN3O3S/c1-7-15-13(17-16-7)21-11(12(18)19)6-8-3-4-10(20-2)9(14)5-8/h3-6H,1-2H3,(H,18,19)(H,15,16,17)/p-1/b11-6+. The average Bonchev–Trinajstić information content (AvgIpc) is 2.83. The predicted octanol–water partition coefficient (Wildman–Crippen LogP) is 1.66. The van der Waals surface area contributed by atoms with Crippen LogP contribution in [0.2, 0.25) is 5.02 Å². The summed E-state index contributed by atoms with van der Waals surface area (Å²) in [6.45, 7) is 1.72. The van der Waals surface area contributed by atoms with Crippen LogP contribution < -0.4 is 9.84 Å². The lowest BCUT2D eigenvalue weighted by atomic mass is 10.2. The van der Waals surface area contributed by atoms with Crippen molar-refractivity contribution in [1.82, 2.24) is 15.2 Å². The van der Waals surface area contributed by atoms with Crippen molar-refractivity contribution < 1.29 is 14.6 Å². The van der Waals surface area contributed by atoms with Crippen molar-refractivity contribution in [2.24, 2.45) is 0 Å². The van der Waals surface area contributed by atoms with Crippen LogP contribution in [0.4, 0.5) is 0 Å². The molecule has 0 atom stereocenters. The first-order chi connectivity index (χ1) is 9.99. The number of nitrogens with one attached hydrogen (secondary N) is 1. The van der Waals surface area contributed by atoms with Gasteiger partial charge < -0.3 is 14.6 Å². The number of aryl methyl sites for hydroxylation is 1. The van der Waals surface area contributed by atoms with Crippen molar-refractivity contribution in [3.63, 3.8) is 0 Å². The third kappa shape index (κ3) is 3.99. The van der Waals surface area contributed by atoms with Crippen molar-refractivity contribution in [2.45, 2.75) is 12.1 Å². The summed E-state index contributed by atoms with van der Waals surface area (Å²) >= 11 is 6.90. The second kappa shape index (κ2) is 6.64. The van der Waals surface area contributed by atoms with Crippen LogP contribution in [0.3, 0.4) is 0 Å². The lowest BCUT2D eigenvalue weighted by Crippen LogP contribution is -2.23. The van der Waals surface area contributed by atoms with Crippen molar-refractivity contribution >= 4 is 35.4 Å². The number of carboxylic acid groups (broad SMARTS) is 1. The number of aromatic nitrogens is 3. The molecule has 1 heterocycles. The fourth-order valence-electron chi connectivity index (χ4n) is 1.52. The maximum Gasteiger partial charge on any atom is 0.213 e. The molecule has 0 radical (unpaired) electrons. The van der Waals surface area contributed by atoms with Crippen LogP contribution >= 0.6 is 23.4 Å². The topological polar surface area (TPSA) is 90.9 Å². The number of aromatic amines is 1. The molecule has 0 bridgehead atoms. The van der Waals surface area contributed by atoms with E-state index in [9.17, 15) is 9.90 Å². The highest BCUT2D eigenvalue weighted by molar-refractivity contribution is 8.04. The van der Waals surface area contributed by atoms with Crippen LogP contribution in [0, 0.1) is 6.92 Å². The molecular formula is C13H11ClN3O3S-. The molecule has 0 unspecified atom stereocenters. The monoisotopic (exact) mass is 324 g/mol. The zero-order chi connectivity index (χ0) is 15.4. The molecule has 8 heteroatoms. The summed E-state index contributed by atoms with van der Waals surface area (Å²) in [5.41, 5.74) is 0.611. The van der Waals surface area contributed by atoms with Gasteiger partial charge in [0.05, 0.1) is 18.1 Å². The van der Waals surface area contributed by atoms with E-state index in [-0.39, 0.29) is 4.91 Å². The lowest BCUT2D eigenvalue weighted by Gasteiger charge is -2.07. The van der Waals surface area contributed by atoms with Crippen molar-refractivity contribution in [2.75, 3.05) is 7.11 Å². The zero-order valence-electron chi connectivity index (χ0n) is 11.2. The highest BCUT2D eigenvalue weighted by Gasteiger charge is 2.08. The highest BCUT2D eigenvalue weighted by Crippen LogP contribution is 2.29. The Labute approximate surface area is 130 Å². The number of aliphatic carboxylic acids is 1. The minimum absolute atomic E-state index is 0.0183. The zero-order valence-corrected chi connectivity index (χ0v) is 12.8. The Morgan fingerprint density at radius 2 is 2.29 bits per heavy atom. The normalized spacial score (nSPS) is 11.5. The van der Waals surface area contributed by atoms with Crippen LogP contribution in [-0.4, -0.2) is 28.3 Å². The van der Waals surface area contributed by atoms with Gasteiger partial charge in [-0.05, 0) is 42.5 Å². The number of halogens is 1. The van der Waals surface area contributed by atoms with Gasteiger partial charge >= 0.3 is 0 Å². The van der Waals surface area contributed by atoms with Crippen molar-refractivity contribution in [3.8, 4) is 5.75 Å². The fourth-order valence-corrected chi connectivity index (χ4v) is 2.54. The highest BCUT2D eigenvalue weighted by atomic mass is 35.5. The second-order valence-corrected chi connectivity index (χ2v) is 5.41. The predicted molar refractivity (Wildman–Crippen MR) is 78.0 cm³/mol. The van der Waals surface area contributed by atoms with Gasteiger partial charge in [-0.2, -0.15) is 0 Å². The smallest absolute Gasteiger partial charge is 0.213 e. The summed E-state index contributed by atoms with van der Waals surface area (Å²) < 4.78 is 5.04. The van der Waals surface area contributed by atoms with Gasteiger partial charge in [0.1, 0.15) is 11.6 Å². The van der Waals surface area contributed by atoms with Gasteiger partial charge in [-0.25, -0.2) is 4.98 Å². The molecule has 110 valence electrons. The van der Waals surface area contributed by atoms with Crippen LogP contribution in [0.5, 0.6) is 5.75 Å². The molecule has 6 nitrogen and oxygen atoms in total. The molecule has 0 aliphatic carbocycles. The minimum atomic E-state index is -1.31. The number of nitrogens with zero attached hydrogens (tertiary/aromatic N) is 2. The van der Waals surface area contributed by atoms with E-state index in [1.54, 1.807) is 25.1 Å². The first kappa shape index (κ1) is 15.4. The maximum atomic E-state index is 11.2. The van der Waals surface area contributed by atoms with E-state index in [0.717, 1.165) is 11.8 Å². The maximum absolute atomic E-state index is 11.2. The van der Waals surface area contributed by atoms with Crippen molar-refractivity contribution in [3.05, 3.63) is 39.5 Å². The van der Waals surface area contributed by atoms with E-state index >= 15 is 0 Å². The Hall–Kier alpha value is -1.99. The van der Waals surface area contributed by atoms with Gasteiger partial charge in [0.2, 0.25) is 5.16 Å². The molecule has 2 aromatic rings. The first-order valence-electron chi connectivity index (χ1n) is 5.83. The summed E-state index contributed by atoms with van der Waals surface area (Å²) in [6.07, 6.45) is 1.44. The largest absolute Gasteiger partial charge is 0.544 e. The Morgan fingerprint density at radius 3 is 2.81 bits per heavy atom. The molecule has 1 aromatic carbocycles. The molecular weight excluding hydrogens is 314 g/mol. The van der Waals surface area contributed by atoms with E-state index in [0.29, 0.717) is 27.3 Å². The number of ether oxygens (including phenoxy) is 1. The lowest BCUT2D eigenvalue weighted by molar-refractivity contribution is -0.297. The molecule has 0 aliphatic rings. The molecule has 0 saturated heterocycles. The number of rotatable bonds is 5. The van der Waals surface area contributed by atoms with Gasteiger partial charge in [0, 0.05) is 4.91 Å². The molecule has 0 fully saturated rings. The number of carbonyl (C=O) groups is 1. The quantitative estimate of drug-likeness (QED) is 0.664. The molecule has 1 N–H and O–H groups in total. The van der Waals surface area contributed by atoms with Crippen LogP contribution in [0.15, 0.2) is 28.3 Å². The first-order valence-corrected chi connectivity index (χ1v) is 7.02. The molecule has 21 heavy (non-hydrogen) atoms. The Kier molecular flexibility index (Phi) is 4.87. The number of hydrogen-bond acceptors (Lipinski definition) is 6. The van der Waals surface area contributed by atoms with Gasteiger partial charge in [-0.3, -0.25) is 5.10 Å². The van der Waals surface area contributed by atoms with Gasteiger partial charge in [0.15, 0.2) is 0 Å². The van der Waals surface area contributed by atoms with Crippen molar-refractivity contribution in [1.29, 1.82) is 0 Å². The molecule has 0 aliphatic heterocycles. The van der Waals surface area contributed by atoms with Crippen LogP contribution in [-0.2, 0) is 4.79 Å². The van der Waals surface area contributed by atoms with E-state index in [1.165, 1.54) is 13.2 Å². The second-order valence-electron chi connectivity index (χ2n) is 4.00. The molecule has 0 spiro atoms. The molecule has 0 amide bonds. The Bertz CT molecular complexity index is 700. The number of carboxylic acids is 1. The van der Waals surface area contributed by atoms with E-state index < -0.39 is 5.97 Å². The summed E-state index contributed by atoms with van der Waals surface area (Å²) in [7, 11) is 1.50. The number of hydrogen-bond donors (Lipinski definition) is 1. The minimum Gasteiger partial charge on any atom is -0.544 e. The van der Waals surface area contributed by atoms with Gasteiger partial charge in [-0.15, -0.1) is 5.10 Å². The van der Waals surface area contributed by atoms with E-state index in [4.69, 9.17) is 16.3 Å². The number of methoxy groups -OCH3 is 1.